The molecule has 0 atom stereocenters. The van der Waals surface area contributed by atoms with Crippen molar-refractivity contribution in [3.8, 4) is 17.0 Å². The highest BCUT2D eigenvalue weighted by atomic mass is 16.5. The molecule has 0 bridgehead atoms. The highest BCUT2D eigenvalue weighted by Gasteiger charge is 2.19. The van der Waals surface area contributed by atoms with Crippen LogP contribution < -0.4 is 9.64 Å². The Kier molecular flexibility index (Phi) is 4.93. The monoisotopic (exact) mass is 338 g/mol. The van der Waals surface area contributed by atoms with E-state index in [0.717, 1.165) is 46.9 Å². The quantitative estimate of drug-likeness (QED) is 0.662. The van der Waals surface area contributed by atoms with Crippen molar-refractivity contribution in [2.24, 2.45) is 0 Å². The van der Waals surface area contributed by atoms with E-state index in [4.69, 9.17) is 4.74 Å². The fraction of sp³-hybridized carbons (Fsp3) is 0.400. The number of fused-ring (bicyclic) bond motifs is 1. The van der Waals surface area contributed by atoms with Gasteiger partial charge in [-0.1, -0.05) is 0 Å². The molecule has 2 aromatic heterocycles. The van der Waals surface area contributed by atoms with E-state index in [9.17, 15) is 0 Å². The van der Waals surface area contributed by atoms with Crippen LogP contribution in [0, 0.1) is 0 Å². The Bertz CT molecular complexity index is 848. The summed E-state index contributed by atoms with van der Waals surface area (Å²) < 4.78 is 7.57. The zero-order valence-corrected chi connectivity index (χ0v) is 15.7. The third kappa shape index (κ3) is 3.06. The Labute approximate surface area is 149 Å². The minimum atomic E-state index is 0.300. The topological polar surface area (TPSA) is 43.2 Å². The zero-order valence-electron chi connectivity index (χ0n) is 15.7. The number of hydrogen-bond acceptors (Lipinski definition) is 4. The maximum Gasteiger partial charge on any atom is 0.146 e. The fourth-order valence-corrected chi connectivity index (χ4v) is 3.30. The van der Waals surface area contributed by atoms with Crippen LogP contribution in [0.25, 0.3) is 22.3 Å². The average molecular weight is 338 g/mol. The Morgan fingerprint density at radius 1 is 1.08 bits per heavy atom. The van der Waals surface area contributed by atoms with Gasteiger partial charge >= 0.3 is 0 Å². The van der Waals surface area contributed by atoms with E-state index in [1.165, 1.54) is 0 Å². The predicted octanol–water partition coefficient (Wildman–Crippen LogP) is 4.53. The number of hydrogen-bond donors (Lipinski definition) is 0. The molecule has 0 fully saturated rings. The smallest absolute Gasteiger partial charge is 0.146 e. The van der Waals surface area contributed by atoms with Crippen molar-refractivity contribution in [2.75, 3.05) is 25.1 Å². The van der Waals surface area contributed by atoms with E-state index in [0.29, 0.717) is 6.04 Å². The molecule has 0 radical (unpaired) electrons. The summed E-state index contributed by atoms with van der Waals surface area (Å²) in [5, 5.41) is 1.10. The van der Waals surface area contributed by atoms with Gasteiger partial charge in [0.05, 0.1) is 18.2 Å². The molecule has 0 N–H and O–H groups in total. The molecule has 0 aliphatic carbocycles. The van der Waals surface area contributed by atoms with E-state index in [1.54, 1.807) is 13.4 Å². The molecule has 0 amide bonds. The normalized spacial score (nSPS) is 11.3. The Hall–Kier alpha value is -2.56. The van der Waals surface area contributed by atoms with Crippen LogP contribution >= 0.6 is 0 Å². The van der Waals surface area contributed by atoms with E-state index >= 15 is 0 Å². The molecule has 0 saturated carbocycles. The number of methoxy groups -OCH3 is 1. The maximum atomic E-state index is 5.29. The summed E-state index contributed by atoms with van der Waals surface area (Å²) in [5.74, 6) is 1.86. The molecule has 2 heterocycles. The van der Waals surface area contributed by atoms with Crippen LogP contribution in [0.2, 0.25) is 0 Å². The van der Waals surface area contributed by atoms with Gasteiger partial charge in [-0.15, -0.1) is 0 Å². The van der Waals surface area contributed by atoms with E-state index < -0.39 is 0 Å². The molecule has 0 spiro atoms. The van der Waals surface area contributed by atoms with Gasteiger partial charge in [0.2, 0.25) is 0 Å². The number of rotatable bonds is 6. The second-order valence-corrected chi connectivity index (χ2v) is 6.33. The molecule has 0 aliphatic heterocycles. The molecule has 3 rings (SSSR count). The van der Waals surface area contributed by atoms with E-state index in [2.05, 4.69) is 65.3 Å². The molecule has 132 valence electrons. The summed E-state index contributed by atoms with van der Waals surface area (Å²) in [6, 6.07) is 10.7. The first kappa shape index (κ1) is 17.3. The molecular formula is C20H26N4O. The van der Waals surface area contributed by atoms with Gasteiger partial charge in [0.25, 0.3) is 0 Å². The van der Waals surface area contributed by atoms with Crippen molar-refractivity contribution in [1.82, 2.24) is 14.5 Å². The van der Waals surface area contributed by atoms with E-state index in [1.807, 2.05) is 12.1 Å². The predicted molar refractivity (Wildman–Crippen MR) is 103 cm³/mol. The number of benzene rings is 1. The van der Waals surface area contributed by atoms with Crippen molar-refractivity contribution < 1.29 is 4.74 Å². The van der Waals surface area contributed by atoms with Crippen LogP contribution in [0.4, 0.5) is 5.82 Å². The minimum absolute atomic E-state index is 0.300. The SMILES string of the molecule is CCN(CC)c1ncnc2c1cc(-c1ccc(OC)cc1)n2C(C)C. The van der Waals surface area contributed by atoms with Gasteiger partial charge in [-0.2, -0.15) is 0 Å². The summed E-state index contributed by atoms with van der Waals surface area (Å²) in [4.78, 5) is 11.4. The van der Waals surface area contributed by atoms with Crippen LogP contribution in [-0.4, -0.2) is 34.7 Å². The van der Waals surface area contributed by atoms with Gasteiger partial charge in [0, 0.05) is 19.1 Å². The molecule has 5 heteroatoms. The molecule has 0 unspecified atom stereocenters. The summed E-state index contributed by atoms with van der Waals surface area (Å²) >= 11 is 0. The Morgan fingerprint density at radius 3 is 2.32 bits per heavy atom. The first-order chi connectivity index (χ1) is 12.1. The molecule has 25 heavy (non-hydrogen) atoms. The second-order valence-electron chi connectivity index (χ2n) is 6.33. The summed E-state index contributed by atoms with van der Waals surface area (Å²) in [7, 11) is 1.69. The van der Waals surface area contributed by atoms with Crippen molar-refractivity contribution in [3.63, 3.8) is 0 Å². The molecule has 0 saturated heterocycles. The number of aromatic nitrogens is 3. The fourth-order valence-electron chi connectivity index (χ4n) is 3.30. The van der Waals surface area contributed by atoms with Gasteiger partial charge in [-0.05, 0) is 63.6 Å². The van der Waals surface area contributed by atoms with Gasteiger partial charge in [-0.25, -0.2) is 9.97 Å². The summed E-state index contributed by atoms with van der Waals surface area (Å²) in [5.41, 5.74) is 3.29. The lowest BCUT2D eigenvalue weighted by atomic mass is 10.1. The first-order valence-electron chi connectivity index (χ1n) is 8.86. The van der Waals surface area contributed by atoms with Crippen LogP contribution in [0.3, 0.4) is 0 Å². The van der Waals surface area contributed by atoms with Gasteiger partial charge in [0.15, 0.2) is 0 Å². The second kappa shape index (κ2) is 7.13. The summed E-state index contributed by atoms with van der Waals surface area (Å²) in [6.45, 7) is 10.5. The van der Waals surface area contributed by atoms with Crippen molar-refractivity contribution in [2.45, 2.75) is 33.7 Å². The maximum absolute atomic E-state index is 5.29. The molecule has 0 aliphatic rings. The van der Waals surface area contributed by atoms with Crippen LogP contribution in [-0.2, 0) is 0 Å². The lowest BCUT2D eigenvalue weighted by Crippen LogP contribution is -2.23. The highest BCUT2D eigenvalue weighted by Crippen LogP contribution is 2.34. The van der Waals surface area contributed by atoms with Crippen molar-refractivity contribution in [1.29, 1.82) is 0 Å². The lowest BCUT2D eigenvalue weighted by Gasteiger charge is -2.20. The van der Waals surface area contributed by atoms with Crippen LogP contribution in [0.5, 0.6) is 5.75 Å². The van der Waals surface area contributed by atoms with Crippen LogP contribution in [0.1, 0.15) is 33.7 Å². The molecule has 5 nitrogen and oxygen atoms in total. The summed E-state index contributed by atoms with van der Waals surface area (Å²) in [6.07, 6.45) is 1.67. The average Bonchev–Trinajstić information content (AvgIpc) is 3.03. The first-order valence-corrected chi connectivity index (χ1v) is 8.86. The Morgan fingerprint density at radius 2 is 1.76 bits per heavy atom. The number of nitrogens with zero attached hydrogens (tertiary/aromatic N) is 4. The largest absolute Gasteiger partial charge is 0.497 e. The zero-order chi connectivity index (χ0) is 18.0. The number of anilines is 1. The standard InChI is InChI=1S/C20H26N4O/c1-6-23(7-2)19-17-12-18(15-8-10-16(25-5)11-9-15)24(14(3)4)20(17)22-13-21-19/h8-14H,6-7H2,1-5H3. The minimum Gasteiger partial charge on any atom is -0.497 e. The molecular weight excluding hydrogens is 312 g/mol. The third-order valence-corrected chi connectivity index (χ3v) is 4.58. The van der Waals surface area contributed by atoms with Gasteiger partial charge in [0.1, 0.15) is 23.5 Å². The molecule has 3 aromatic rings. The highest BCUT2D eigenvalue weighted by molar-refractivity contribution is 5.93. The van der Waals surface area contributed by atoms with Crippen LogP contribution in [0.15, 0.2) is 36.7 Å². The van der Waals surface area contributed by atoms with E-state index in [-0.39, 0.29) is 0 Å². The number of ether oxygens (including phenoxy) is 1. The Balaban J connectivity index is 2.24. The van der Waals surface area contributed by atoms with Crippen molar-refractivity contribution >= 4 is 16.9 Å². The third-order valence-electron chi connectivity index (χ3n) is 4.58. The van der Waals surface area contributed by atoms with Gasteiger partial charge < -0.3 is 14.2 Å². The van der Waals surface area contributed by atoms with Gasteiger partial charge in [-0.3, -0.25) is 0 Å². The lowest BCUT2D eigenvalue weighted by molar-refractivity contribution is 0.415. The van der Waals surface area contributed by atoms with Crippen molar-refractivity contribution in [3.05, 3.63) is 36.7 Å². The molecule has 1 aromatic carbocycles.